The molecule has 1 N–H and O–H groups in total. The molecule has 0 bridgehead atoms. The molecule has 1 saturated carbocycles. The molecular formula is C21H35N5O2. The van der Waals surface area contributed by atoms with E-state index in [0.717, 1.165) is 63.0 Å². The highest BCUT2D eigenvalue weighted by molar-refractivity contribution is 5.77. The second-order valence-electron chi connectivity index (χ2n) is 9.29. The summed E-state index contributed by atoms with van der Waals surface area (Å²) in [6.07, 6.45) is 9.28. The van der Waals surface area contributed by atoms with Crippen LogP contribution in [-0.2, 0) is 16.0 Å². The molecule has 3 fully saturated rings. The zero-order chi connectivity index (χ0) is 19.6. The second-order valence-corrected chi connectivity index (χ2v) is 9.29. The Bertz CT molecular complexity index is 664. The molecule has 1 aromatic rings. The van der Waals surface area contributed by atoms with Crippen LogP contribution in [0.25, 0.3) is 0 Å². The minimum absolute atomic E-state index is 0.121. The third kappa shape index (κ3) is 4.10. The Morgan fingerprint density at radius 1 is 1.25 bits per heavy atom. The van der Waals surface area contributed by atoms with E-state index in [1.807, 2.05) is 0 Å². The van der Waals surface area contributed by atoms with Gasteiger partial charge < -0.3 is 14.5 Å². The van der Waals surface area contributed by atoms with Crippen molar-refractivity contribution < 1.29 is 9.53 Å². The van der Waals surface area contributed by atoms with Crippen LogP contribution in [0.2, 0.25) is 0 Å². The lowest BCUT2D eigenvalue weighted by Gasteiger charge is -2.50. The van der Waals surface area contributed by atoms with Gasteiger partial charge in [0, 0.05) is 57.5 Å². The number of H-pyrrole nitrogens is 1. The van der Waals surface area contributed by atoms with Crippen LogP contribution in [0, 0.1) is 11.3 Å². The maximum absolute atomic E-state index is 12.7. The van der Waals surface area contributed by atoms with Crippen molar-refractivity contribution in [3.05, 3.63) is 11.6 Å². The molecule has 1 atom stereocenters. The number of aromatic amines is 1. The molecule has 4 rings (SSSR count). The van der Waals surface area contributed by atoms with Crippen molar-refractivity contribution in [3.63, 3.8) is 0 Å². The zero-order valence-electron chi connectivity index (χ0n) is 17.5. The van der Waals surface area contributed by atoms with Gasteiger partial charge in [0.05, 0.1) is 6.61 Å². The molecule has 0 radical (unpaired) electrons. The fourth-order valence-electron chi connectivity index (χ4n) is 5.52. The summed E-state index contributed by atoms with van der Waals surface area (Å²) in [7, 11) is 3.86. The number of carbonyl (C=O) groups is 1. The molecule has 2 aliphatic heterocycles. The van der Waals surface area contributed by atoms with Gasteiger partial charge in [-0.25, -0.2) is 4.98 Å². The van der Waals surface area contributed by atoms with Crippen LogP contribution in [0.3, 0.4) is 0 Å². The fraction of sp³-hybridized carbons (Fsp3) is 0.857. The third-order valence-corrected chi connectivity index (χ3v) is 7.08. The maximum atomic E-state index is 12.7. The number of likely N-dealkylation sites (N-methyl/N-ethyl adjacent to an activating group) is 1. The van der Waals surface area contributed by atoms with Gasteiger partial charge in [-0.3, -0.25) is 9.89 Å². The van der Waals surface area contributed by atoms with Gasteiger partial charge in [-0.15, -0.1) is 0 Å². The summed E-state index contributed by atoms with van der Waals surface area (Å²) < 4.78 is 5.14. The van der Waals surface area contributed by atoms with Crippen LogP contribution < -0.4 is 0 Å². The van der Waals surface area contributed by atoms with E-state index < -0.39 is 0 Å². The number of aromatic nitrogens is 3. The zero-order valence-corrected chi connectivity index (χ0v) is 17.5. The summed E-state index contributed by atoms with van der Waals surface area (Å²) in [6.45, 7) is 4.34. The first-order valence-corrected chi connectivity index (χ1v) is 11.0. The number of likely N-dealkylation sites (tertiary alicyclic amines) is 2. The van der Waals surface area contributed by atoms with Gasteiger partial charge in [-0.1, -0.05) is 32.1 Å². The first-order chi connectivity index (χ1) is 13.6. The van der Waals surface area contributed by atoms with Gasteiger partial charge >= 0.3 is 0 Å². The molecule has 1 spiro atoms. The first-order valence-electron chi connectivity index (χ1n) is 11.0. The number of nitrogens with one attached hydrogen (secondary N) is 1. The van der Waals surface area contributed by atoms with Crippen LogP contribution in [-0.4, -0.2) is 77.8 Å². The van der Waals surface area contributed by atoms with E-state index in [0.29, 0.717) is 18.4 Å². The molecule has 3 heterocycles. The number of amides is 1. The van der Waals surface area contributed by atoms with Gasteiger partial charge in [-0.05, 0) is 19.4 Å². The van der Waals surface area contributed by atoms with Crippen LogP contribution in [0.1, 0.15) is 62.5 Å². The lowest BCUT2D eigenvalue weighted by atomic mass is 9.71. The van der Waals surface area contributed by atoms with Crippen molar-refractivity contribution in [2.45, 2.75) is 57.3 Å². The van der Waals surface area contributed by atoms with E-state index in [2.05, 4.69) is 27.0 Å². The van der Waals surface area contributed by atoms with Gasteiger partial charge in [-0.2, -0.15) is 5.10 Å². The van der Waals surface area contributed by atoms with Gasteiger partial charge in [0.25, 0.3) is 0 Å². The van der Waals surface area contributed by atoms with Crippen molar-refractivity contribution in [2.75, 3.05) is 46.9 Å². The number of hydrogen-bond acceptors (Lipinski definition) is 5. The van der Waals surface area contributed by atoms with E-state index >= 15 is 0 Å². The van der Waals surface area contributed by atoms with Crippen LogP contribution in [0.4, 0.5) is 0 Å². The molecule has 28 heavy (non-hydrogen) atoms. The molecule has 7 heteroatoms. The standard InChI is InChI=1S/C21H35N5O2/c1-25-12-17(20-22-18(23-24-20)10-11-28-2)21(13-25)14-26(15-21)19(27)9-8-16-6-4-3-5-7-16/h16-17H,3-15H2,1-2H3,(H,22,23,24). The van der Waals surface area contributed by atoms with Crippen LogP contribution in [0.5, 0.6) is 0 Å². The van der Waals surface area contributed by atoms with Crippen molar-refractivity contribution >= 4 is 5.91 Å². The van der Waals surface area contributed by atoms with Crippen LogP contribution in [0.15, 0.2) is 0 Å². The molecule has 156 valence electrons. The number of rotatable bonds is 7. The number of hydrogen-bond donors (Lipinski definition) is 1. The molecule has 2 saturated heterocycles. The van der Waals surface area contributed by atoms with E-state index in [-0.39, 0.29) is 5.41 Å². The summed E-state index contributed by atoms with van der Waals surface area (Å²) in [6, 6.07) is 0. The lowest BCUT2D eigenvalue weighted by molar-refractivity contribution is -0.144. The number of methoxy groups -OCH3 is 1. The van der Waals surface area contributed by atoms with Gasteiger partial charge in [0.15, 0.2) is 5.82 Å². The Kier molecular flexibility index (Phi) is 6.01. The maximum Gasteiger partial charge on any atom is 0.222 e. The average molecular weight is 390 g/mol. The molecule has 1 amide bonds. The summed E-state index contributed by atoms with van der Waals surface area (Å²) in [5.41, 5.74) is 0.121. The van der Waals surface area contributed by atoms with Crippen molar-refractivity contribution in [3.8, 4) is 0 Å². The Balaban J connectivity index is 1.32. The predicted octanol–water partition coefficient (Wildman–Crippen LogP) is 2.21. The van der Waals surface area contributed by atoms with Crippen molar-refractivity contribution in [2.24, 2.45) is 11.3 Å². The fourth-order valence-corrected chi connectivity index (χ4v) is 5.52. The largest absolute Gasteiger partial charge is 0.384 e. The van der Waals surface area contributed by atoms with E-state index in [4.69, 9.17) is 9.72 Å². The molecule has 7 nitrogen and oxygen atoms in total. The topological polar surface area (TPSA) is 74.3 Å². The minimum atomic E-state index is 0.121. The summed E-state index contributed by atoms with van der Waals surface area (Å²) in [5.74, 6) is 3.22. The Labute approximate surface area is 168 Å². The van der Waals surface area contributed by atoms with Crippen molar-refractivity contribution in [1.29, 1.82) is 0 Å². The van der Waals surface area contributed by atoms with Gasteiger partial charge in [0.2, 0.25) is 5.91 Å². The highest BCUT2D eigenvalue weighted by atomic mass is 16.5. The number of carbonyl (C=O) groups excluding carboxylic acids is 1. The third-order valence-electron chi connectivity index (χ3n) is 7.08. The normalized spacial score (nSPS) is 25.4. The number of ether oxygens (including phenoxy) is 1. The molecule has 0 aromatic carbocycles. The van der Waals surface area contributed by atoms with E-state index in [9.17, 15) is 4.79 Å². The summed E-state index contributed by atoms with van der Waals surface area (Å²) >= 11 is 0. The first kappa shape index (κ1) is 19.8. The Hall–Kier alpha value is -1.47. The summed E-state index contributed by atoms with van der Waals surface area (Å²) in [4.78, 5) is 21.9. The quantitative estimate of drug-likeness (QED) is 0.774. The lowest BCUT2D eigenvalue weighted by Crippen LogP contribution is -2.61. The monoisotopic (exact) mass is 389 g/mol. The summed E-state index contributed by atoms with van der Waals surface area (Å²) in [5, 5.41) is 7.58. The SMILES string of the molecule is COCCc1nc(C2CN(C)CC23CN(C(=O)CCC2CCCCC2)C3)n[nH]1. The van der Waals surface area contributed by atoms with Crippen molar-refractivity contribution in [1.82, 2.24) is 25.0 Å². The molecule has 1 aliphatic carbocycles. The smallest absolute Gasteiger partial charge is 0.222 e. The van der Waals surface area contributed by atoms with Crippen LogP contribution >= 0.6 is 0 Å². The minimum Gasteiger partial charge on any atom is -0.384 e. The Morgan fingerprint density at radius 3 is 2.79 bits per heavy atom. The highest BCUT2D eigenvalue weighted by Gasteiger charge is 2.56. The highest BCUT2D eigenvalue weighted by Crippen LogP contribution is 2.48. The second kappa shape index (κ2) is 8.49. The Morgan fingerprint density at radius 2 is 2.04 bits per heavy atom. The molecule has 1 aromatic heterocycles. The molecule has 3 aliphatic rings. The van der Waals surface area contributed by atoms with E-state index in [1.165, 1.54) is 32.1 Å². The molecular weight excluding hydrogens is 354 g/mol. The molecule has 1 unspecified atom stereocenters. The number of nitrogens with zero attached hydrogens (tertiary/aromatic N) is 4. The average Bonchev–Trinajstić information content (AvgIpc) is 3.28. The van der Waals surface area contributed by atoms with E-state index in [1.54, 1.807) is 7.11 Å². The predicted molar refractivity (Wildman–Crippen MR) is 107 cm³/mol. The van der Waals surface area contributed by atoms with Gasteiger partial charge in [0.1, 0.15) is 5.82 Å².